The fourth-order valence-corrected chi connectivity index (χ4v) is 1.03. The largest absolute Gasteiger partial charge is 0.481 e. The first kappa shape index (κ1) is 11.2. The standard InChI is InChI=1S/C9H13N3O3/c1-3-6-4-10-12-7(6)11-8(13)5(2)9(14)15/h4-5H,3H2,1-2H3,(H,14,15)(H2,10,11,12,13). The number of aromatic amines is 1. The molecule has 1 aromatic rings. The number of carbonyl (C=O) groups excluding carboxylic acids is 1. The maximum Gasteiger partial charge on any atom is 0.315 e. The van der Waals surface area contributed by atoms with Crippen LogP contribution in [0.25, 0.3) is 0 Å². The number of aromatic nitrogens is 2. The van der Waals surface area contributed by atoms with Gasteiger partial charge in [0.05, 0.1) is 6.20 Å². The number of H-pyrrole nitrogens is 1. The fraction of sp³-hybridized carbons (Fsp3) is 0.444. The van der Waals surface area contributed by atoms with Gasteiger partial charge in [0.1, 0.15) is 11.7 Å². The Morgan fingerprint density at radius 1 is 1.67 bits per heavy atom. The van der Waals surface area contributed by atoms with E-state index in [1.165, 1.54) is 6.92 Å². The molecule has 1 atom stereocenters. The molecule has 6 nitrogen and oxygen atoms in total. The maximum absolute atomic E-state index is 11.4. The molecule has 0 saturated heterocycles. The number of hydrogen-bond acceptors (Lipinski definition) is 3. The van der Waals surface area contributed by atoms with E-state index in [2.05, 4.69) is 15.5 Å². The second kappa shape index (κ2) is 4.59. The molecule has 1 heterocycles. The zero-order valence-corrected chi connectivity index (χ0v) is 8.57. The van der Waals surface area contributed by atoms with Crippen molar-refractivity contribution in [1.29, 1.82) is 0 Å². The second-order valence-corrected chi connectivity index (χ2v) is 3.17. The molecule has 0 fully saturated rings. The summed E-state index contributed by atoms with van der Waals surface area (Å²) in [5, 5.41) is 17.5. The van der Waals surface area contributed by atoms with Crippen molar-refractivity contribution in [2.75, 3.05) is 5.32 Å². The van der Waals surface area contributed by atoms with Crippen LogP contribution in [-0.4, -0.2) is 27.2 Å². The predicted molar refractivity (Wildman–Crippen MR) is 53.4 cm³/mol. The molecule has 1 aromatic heterocycles. The Labute approximate surface area is 86.7 Å². The van der Waals surface area contributed by atoms with Crippen LogP contribution in [-0.2, 0) is 16.0 Å². The summed E-state index contributed by atoms with van der Waals surface area (Å²) in [6.45, 7) is 3.25. The Morgan fingerprint density at radius 3 is 2.87 bits per heavy atom. The summed E-state index contributed by atoms with van der Waals surface area (Å²) in [6, 6.07) is 0. The lowest BCUT2D eigenvalue weighted by molar-refractivity contribution is -0.144. The van der Waals surface area contributed by atoms with E-state index < -0.39 is 17.8 Å². The van der Waals surface area contributed by atoms with Crippen LogP contribution in [0.2, 0.25) is 0 Å². The van der Waals surface area contributed by atoms with Crippen molar-refractivity contribution < 1.29 is 14.7 Å². The number of anilines is 1. The molecule has 3 N–H and O–H groups in total. The Morgan fingerprint density at radius 2 is 2.33 bits per heavy atom. The van der Waals surface area contributed by atoms with Crippen LogP contribution in [0.4, 0.5) is 5.82 Å². The van der Waals surface area contributed by atoms with E-state index in [4.69, 9.17) is 5.11 Å². The van der Waals surface area contributed by atoms with Gasteiger partial charge in [-0.2, -0.15) is 5.10 Å². The molecule has 1 rings (SSSR count). The van der Waals surface area contributed by atoms with Crippen LogP contribution in [0.3, 0.4) is 0 Å². The number of carboxylic acids is 1. The van der Waals surface area contributed by atoms with Gasteiger partial charge in [-0.3, -0.25) is 14.7 Å². The highest BCUT2D eigenvalue weighted by atomic mass is 16.4. The molecule has 15 heavy (non-hydrogen) atoms. The van der Waals surface area contributed by atoms with Crippen molar-refractivity contribution in [1.82, 2.24) is 10.2 Å². The lowest BCUT2D eigenvalue weighted by Crippen LogP contribution is -2.27. The third-order valence-electron chi connectivity index (χ3n) is 2.11. The van der Waals surface area contributed by atoms with Crippen LogP contribution in [0.15, 0.2) is 6.20 Å². The van der Waals surface area contributed by atoms with E-state index in [1.54, 1.807) is 6.20 Å². The highest BCUT2D eigenvalue weighted by Crippen LogP contribution is 2.12. The van der Waals surface area contributed by atoms with E-state index in [0.29, 0.717) is 12.2 Å². The smallest absolute Gasteiger partial charge is 0.315 e. The molecule has 1 unspecified atom stereocenters. The maximum atomic E-state index is 11.4. The van der Waals surface area contributed by atoms with Crippen molar-refractivity contribution >= 4 is 17.7 Å². The van der Waals surface area contributed by atoms with Gasteiger partial charge in [0.15, 0.2) is 0 Å². The number of aryl methyl sites for hydroxylation is 1. The van der Waals surface area contributed by atoms with Crippen LogP contribution < -0.4 is 5.32 Å². The number of carbonyl (C=O) groups is 2. The fourth-order valence-electron chi connectivity index (χ4n) is 1.03. The van der Waals surface area contributed by atoms with E-state index in [1.807, 2.05) is 6.92 Å². The first-order valence-corrected chi connectivity index (χ1v) is 4.62. The Kier molecular flexibility index (Phi) is 3.43. The molecular weight excluding hydrogens is 198 g/mol. The molecule has 0 saturated carbocycles. The van der Waals surface area contributed by atoms with Gasteiger partial charge in [-0.15, -0.1) is 0 Å². The van der Waals surface area contributed by atoms with Crippen molar-refractivity contribution in [2.45, 2.75) is 20.3 Å². The van der Waals surface area contributed by atoms with Gasteiger partial charge in [0.2, 0.25) is 5.91 Å². The molecule has 0 aliphatic heterocycles. The number of amides is 1. The minimum atomic E-state index is -1.15. The third kappa shape index (κ3) is 2.55. The van der Waals surface area contributed by atoms with Gasteiger partial charge < -0.3 is 10.4 Å². The first-order valence-electron chi connectivity index (χ1n) is 4.62. The topological polar surface area (TPSA) is 95.1 Å². The second-order valence-electron chi connectivity index (χ2n) is 3.17. The summed E-state index contributed by atoms with van der Waals surface area (Å²) in [5.41, 5.74) is 0.848. The summed E-state index contributed by atoms with van der Waals surface area (Å²) < 4.78 is 0. The SMILES string of the molecule is CCc1cn[nH]c1NC(=O)C(C)C(=O)O. The van der Waals surface area contributed by atoms with Crippen molar-refractivity contribution in [2.24, 2.45) is 5.92 Å². The van der Waals surface area contributed by atoms with E-state index in [-0.39, 0.29) is 0 Å². The number of carboxylic acid groups (broad SMARTS) is 1. The molecule has 82 valence electrons. The van der Waals surface area contributed by atoms with Gasteiger partial charge in [-0.05, 0) is 13.3 Å². The Hall–Kier alpha value is -1.85. The van der Waals surface area contributed by atoms with Gasteiger partial charge in [-0.25, -0.2) is 0 Å². The average Bonchev–Trinajstić information content (AvgIpc) is 2.63. The molecule has 0 aromatic carbocycles. The number of nitrogens with zero attached hydrogens (tertiary/aromatic N) is 1. The molecule has 0 aliphatic rings. The van der Waals surface area contributed by atoms with Crippen LogP contribution in [0.1, 0.15) is 19.4 Å². The summed E-state index contributed by atoms with van der Waals surface area (Å²) in [5.74, 6) is -2.31. The van der Waals surface area contributed by atoms with Gasteiger partial charge in [0, 0.05) is 5.56 Å². The Balaban J connectivity index is 2.70. The van der Waals surface area contributed by atoms with Crippen molar-refractivity contribution in [3.8, 4) is 0 Å². The molecule has 0 bridgehead atoms. The van der Waals surface area contributed by atoms with Crippen LogP contribution in [0, 0.1) is 5.92 Å². The number of nitrogens with one attached hydrogen (secondary N) is 2. The summed E-state index contributed by atoms with van der Waals surface area (Å²) in [4.78, 5) is 21.9. The number of rotatable bonds is 4. The predicted octanol–water partition coefficient (Wildman–Crippen LogP) is 0.631. The molecule has 1 amide bonds. The zero-order chi connectivity index (χ0) is 11.4. The summed E-state index contributed by atoms with van der Waals surface area (Å²) in [7, 11) is 0. The van der Waals surface area contributed by atoms with Gasteiger partial charge in [0.25, 0.3) is 0 Å². The molecule has 0 radical (unpaired) electrons. The van der Waals surface area contributed by atoms with Crippen molar-refractivity contribution in [3.63, 3.8) is 0 Å². The van der Waals surface area contributed by atoms with Crippen LogP contribution >= 0.6 is 0 Å². The van der Waals surface area contributed by atoms with Gasteiger partial charge >= 0.3 is 5.97 Å². The lowest BCUT2D eigenvalue weighted by Gasteiger charge is -2.07. The third-order valence-corrected chi connectivity index (χ3v) is 2.11. The average molecular weight is 211 g/mol. The van der Waals surface area contributed by atoms with Crippen molar-refractivity contribution in [3.05, 3.63) is 11.8 Å². The number of aliphatic carboxylic acids is 1. The quantitative estimate of drug-likeness (QED) is 0.636. The Bertz CT molecular complexity index is 372. The van der Waals surface area contributed by atoms with E-state index in [9.17, 15) is 9.59 Å². The van der Waals surface area contributed by atoms with E-state index in [0.717, 1.165) is 5.56 Å². The highest BCUT2D eigenvalue weighted by molar-refractivity contribution is 6.03. The monoisotopic (exact) mass is 211 g/mol. The molecular formula is C9H13N3O3. The van der Waals surface area contributed by atoms with Gasteiger partial charge in [-0.1, -0.05) is 6.92 Å². The minimum Gasteiger partial charge on any atom is -0.481 e. The normalized spacial score (nSPS) is 12.1. The zero-order valence-electron chi connectivity index (χ0n) is 8.57. The van der Waals surface area contributed by atoms with Crippen LogP contribution in [0.5, 0.6) is 0 Å². The molecule has 6 heteroatoms. The lowest BCUT2D eigenvalue weighted by atomic mass is 10.1. The highest BCUT2D eigenvalue weighted by Gasteiger charge is 2.21. The summed E-state index contributed by atoms with van der Waals surface area (Å²) >= 11 is 0. The number of hydrogen-bond donors (Lipinski definition) is 3. The summed E-state index contributed by atoms with van der Waals surface area (Å²) in [6.07, 6.45) is 2.31. The molecule has 0 aliphatic carbocycles. The van der Waals surface area contributed by atoms with E-state index >= 15 is 0 Å². The minimum absolute atomic E-state index is 0.468. The molecule has 0 spiro atoms. The first-order chi connectivity index (χ1) is 7.06.